The zero-order chi connectivity index (χ0) is 14.7. The molecule has 0 radical (unpaired) electrons. The Bertz CT molecular complexity index is 728. The van der Waals surface area contributed by atoms with Crippen molar-refractivity contribution in [3.05, 3.63) is 48.0 Å². The Labute approximate surface area is 122 Å². The molecule has 0 spiro atoms. The van der Waals surface area contributed by atoms with Gasteiger partial charge in [-0.25, -0.2) is 9.67 Å². The number of aryl methyl sites for hydroxylation is 1. The summed E-state index contributed by atoms with van der Waals surface area (Å²) in [6, 6.07) is 8.11. The van der Waals surface area contributed by atoms with Crippen LogP contribution in [0.3, 0.4) is 0 Å². The molecule has 0 saturated heterocycles. The summed E-state index contributed by atoms with van der Waals surface area (Å²) < 4.78 is 3.78. The minimum absolute atomic E-state index is 0.612. The first-order chi connectivity index (χ1) is 10.3. The summed E-state index contributed by atoms with van der Waals surface area (Å²) in [5.74, 6) is 0.756. The molecule has 2 N–H and O–H groups in total. The zero-order valence-corrected chi connectivity index (χ0v) is 11.8. The molecule has 108 valence electrons. The van der Waals surface area contributed by atoms with E-state index < -0.39 is 0 Å². The summed E-state index contributed by atoms with van der Waals surface area (Å²) in [6.45, 7) is 1.33. The van der Waals surface area contributed by atoms with Crippen LogP contribution in [0.25, 0.3) is 11.4 Å². The zero-order valence-electron chi connectivity index (χ0n) is 11.8. The maximum absolute atomic E-state index is 5.64. The Hall–Kier alpha value is -2.54. The monoisotopic (exact) mass is 283 g/mol. The van der Waals surface area contributed by atoms with Crippen LogP contribution < -0.4 is 5.73 Å². The van der Waals surface area contributed by atoms with Crippen molar-refractivity contribution >= 4 is 0 Å². The molecule has 1 aromatic carbocycles. The van der Waals surface area contributed by atoms with E-state index >= 15 is 0 Å². The first-order valence-corrected chi connectivity index (χ1v) is 6.79. The molecule has 7 heteroatoms. The molecular weight excluding hydrogens is 266 g/mol. The van der Waals surface area contributed by atoms with Gasteiger partial charge in [0, 0.05) is 37.5 Å². The van der Waals surface area contributed by atoms with Gasteiger partial charge in [0.15, 0.2) is 5.82 Å². The van der Waals surface area contributed by atoms with E-state index in [2.05, 4.69) is 31.1 Å². The van der Waals surface area contributed by atoms with Crippen LogP contribution in [0.5, 0.6) is 0 Å². The topological polar surface area (TPSA) is 87.4 Å². The van der Waals surface area contributed by atoms with Gasteiger partial charge >= 0.3 is 0 Å². The van der Waals surface area contributed by atoms with Gasteiger partial charge in [-0.3, -0.25) is 0 Å². The number of aromatic nitrogens is 6. The van der Waals surface area contributed by atoms with Crippen LogP contribution in [0.4, 0.5) is 0 Å². The number of nitrogens with zero attached hydrogens (tertiary/aromatic N) is 6. The molecule has 3 aromatic rings. The molecule has 3 rings (SSSR count). The lowest BCUT2D eigenvalue weighted by atomic mass is 10.1. The Morgan fingerprint density at radius 2 is 2.10 bits per heavy atom. The quantitative estimate of drug-likeness (QED) is 0.741. The van der Waals surface area contributed by atoms with Crippen molar-refractivity contribution < 1.29 is 0 Å². The fourth-order valence-electron chi connectivity index (χ4n) is 2.36. The van der Waals surface area contributed by atoms with Crippen LogP contribution >= 0.6 is 0 Å². The second kappa shape index (κ2) is 5.84. The van der Waals surface area contributed by atoms with Crippen LogP contribution in [0.15, 0.2) is 36.8 Å². The predicted molar refractivity (Wildman–Crippen MR) is 78.3 cm³/mol. The van der Waals surface area contributed by atoms with Crippen molar-refractivity contribution in [2.24, 2.45) is 12.8 Å². The Kier molecular flexibility index (Phi) is 3.74. The molecule has 7 nitrogen and oxygen atoms in total. The molecule has 2 aromatic heterocycles. The van der Waals surface area contributed by atoms with E-state index in [1.54, 1.807) is 4.68 Å². The van der Waals surface area contributed by atoms with E-state index in [9.17, 15) is 0 Å². The lowest BCUT2D eigenvalue weighted by Gasteiger charge is -2.11. The average molecular weight is 283 g/mol. The fraction of sp³-hybridized carbons (Fsp3) is 0.286. The van der Waals surface area contributed by atoms with Gasteiger partial charge in [-0.2, -0.15) is 0 Å². The summed E-state index contributed by atoms with van der Waals surface area (Å²) in [5, 5.41) is 11.7. The molecule has 0 aliphatic carbocycles. The van der Waals surface area contributed by atoms with Crippen molar-refractivity contribution in [3.8, 4) is 11.4 Å². The number of rotatable bonds is 5. The third-order valence-corrected chi connectivity index (χ3v) is 3.42. The maximum atomic E-state index is 5.64. The number of hydrogen-bond donors (Lipinski definition) is 1. The predicted octanol–water partition coefficient (Wildman–Crippen LogP) is 0.623. The Balaban J connectivity index is 1.96. The molecule has 0 aliphatic rings. The van der Waals surface area contributed by atoms with E-state index in [-0.39, 0.29) is 0 Å². The van der Waals surface area contributed by atoms with Gasteiger partial charge in [0.05, 0.1) is 6.33 Å². The van der Waals surface area contributed by atoms with Crippen molar-refractivity contribution in [3.63, 3.8) is 0 Å². The third kappa shape index (κ3) is 2.68. The van der Waals surface area contributed by atoms with Crippen LogP contribution in [0.1, 0.15) is 11.3 Å². The molecule has 2 heterocycles. The van der Waals surface area contributed by atoms with Gasteiger partial charge in [-0.1, -0.05) is 24.3 Å². The van der Waals surface area contributed by atoms with Crippen LogP contribution in [-0.2, 0) is 20.0 Å². The highest BCUT2D eigenvalue weighted by molar-refractivity contribution is 5.59. The van der Waals surface area contributed by atoms with Gasteiger partial charge in [-0.05, 0) is 22.5 Å². The van der Waals surface area contributed by atoms with Crippen LogP contribution in [0, 0.1) is 0 Å². The smallest absolute Gasteiger partial charge is 0.182 e. The molecule has 0 aliphatic heterocycles. The van der Waals surface area contributed by atoms with E-state index in [1.807, 2.05) is 37.8 Å². The molecule has 0 unspecified atom stereocenters. The lowest BCUT2D eigenvalue weighted by Crippen LogP contribution is -2.10. The highest BCUT2D eigenvalue weighted by Gasteiger charge is 2.12. The van der Waals surface area contributed by atoms with Crippen molar-refractivity contribution in [2.45, 2.75) is 13.0 Å². The Morgan fingerprint density at radius 1 is 1.24 bits per heavy atom. The number of nitrogens with two attached hydrogens (primary N) is 1. The molecule has 0 fully saturated rings. The summed E-state index contributed by atoms with van der Waals surface area (Å²) in [5.41, 5.74) is 8.94. The highest BCUT2D eigenvalue weighted by atomic mass is 15.5. The molecule has 0 atom stereocenters. The maximum Gasteiger partial charge on any atom is 0.182 e. The van der Waals surface area contributed by atoms with Crippen LogP contribution in [0.2, 0.25) is 0 Å². The molecule has 0 amide bonds. The third-order valence-electron chi connectivity index (χ3n) is 3.42. The Morgan fingerprint density at radius 3 is 2.86 bits per heavy atom. The highest BCUT2D eigenvalue weighted by Crippen LogP contribution is 2.21. The van der Waals surface area contributed by atoms with E-state index in [0.29, 0.717) is 6.54 Å². The molecule has 21 heavy (non-hydrogen) atoms. The standard InChI is InChI=1S/C14H17N7/c1-20-14(17-18-19-20)13-5-3-2-4-11(13)9-21-10-16-8-12(21)6-7-15/h2-5,8,10H,6-7,9,15H2,1H3. The normalized spacial score (nSPS) is 11.0. The first kappa shape index (κ1) is 13.4. The minimum Gasteiger partial charge on any atom is -0.330 e. The average Bonchev–Trinajstić information content (AvgIpc) is 3.10. The second-order valence-corrected chi connectivity index (χ2v) is 4.83. The van der Waals surface area contributed by atoms with Crippen molar-refractivity contribution in [1.82, 2.24) is 29.8 Å². The van der Waals surface area contributed by atoms with Gasteiger partial charge in [0.2, 0.25) is 0 Å². The number of benzene rings is 1. The summed E-state index contributed by atoms with van der Waals surface area (Å²) in [4.78, 5) is 4.21. The van der Waals surface area contributed by atoms with Gasteiger partial charge < -0.3 is 10.3 Å². The van der Waals surface area contributed by atoms with Gasteiger partial charge in [0.1, 0.15) is 0 Å². The summed E-state index contributed by atoms with van der Waals surface area (Å²) >= 11 is 0. The largest absolute Gasteiger partial charge is 0.330 e. The van der Waals surface area contributed by atoms with E-state index in [1.165, 1.54) is 0 Å². The number of hydrogen-bond acceptors (Lipinski definition) is 5. The van der Waals surface area contributed by atoms with Gasteiger partial charge in [-0.15, -0.1) is 5.10 Å². The SMILES string of the molecule is Cn1nnnc1-c1ccccc1Cn1cncc1CCN. The molecule has 0 saturated carbocycles. The second-order valence-electron chi connectivity index (χ2n) is 4.83. The van der Waals surface area contributed by atoms with E-state index in [4.69, 9.17) is 5.73 Å². The van der Waals surface area contributed by atoms with E-state index in [0.717, 1.165) is 35.6 Å². The van der Waals surface area contributed by atoms with Crippen molar-refractivity contribution in [2.75, 3.05) is 6.54 Å². The van der Waals surface area contributed by atoms with Gasteiger partial charge in [0.25, 0.3) is 0 Å². The molecular formula is C14H17N7. The first-order valence-electron chi connectivity index (χ1n) is 6.79. The fourth-order valence-corrected chi connectivity index (χ4v) is 2.36. The summed E-state index contributed by atoms with van der Waals surface area (Å²) in [7, 11) is 1.84. The van der Waals surface area contributed by atoms with Crippen LogP contribution in [-0.4, -0.2) is 36.3 Å². The summed E-state index contributed by atoms with van der Waals surface area (Å²) in [6.07, 6.45) is 4.50. The van der Waals surface area contributed by atoms with Crippen molar-refractivity contribution in [1.29, 1.82) is 0 Å². The molecule has 0 bridgehead atoms. The number of tetrazole rings is 1. The minimum atomic E-state index is 0.612. The lowest BCUT2D eigenvalue weighted by molar-refractivity contribution is 0.711. The number of imidazole rings is 1.